The average Bonchev–Trinajstić information content (AvgIpc) is 3.17. The molecule has 0 unspecified atom stereocenters. The third-order valence-corrected chi connectivity index (χ3v) is 6.14. The number of amides is 2. The lowest BCUT2D eigenvalue weighted by atomic mass is 10.2. The highest BCUT2D eigenvalue weighted by Crippen LogP contribution is 2.30. The number of sulfonamides is 1. The first-order chi connectivity index (χ1) is 13.2. The Morgan fingerprint density at radius 3 is 2.11 bits per heavy atom. The first-order valence-electron chi connectivity index (χ1n) is 8.52. The van der Waals surface area contributed by atoms with E-state index in [2.05, 4.69) is 10.6 Å². The van der Waals surface area contributed by atoms with Gasteiger partial charge in [0.25, 0.3) is 0 Å². The van der Waals surface area contributed by atoms with Crippen LogP contribution in [0.25, 0.3) is 0 Å². The third kappa shape index (κ3) is 4.63. The smallest absolute Gasteiger partial charge is 0.308 e. The van der Waals surface area contributed by atoms with E-state index in [0.717, 1.165) is 25.0 Å². The summed E-state index contributed by atoms with van der Waals surface area (Å²) in [6.07, 6.45) is -2.92. The van der Waals surface area contributed by atoms with E-state index in [1.807, 2.05) is 0 Å². The monoisotopic (exact) mass is 413 g/mol. The number of benzene rings is 2. The molecule has 1 aliphatic rings. The first-order valence-corrected chi connectivity index (χ1v) is 9.96. The van der Waals surface area contributed by atoms with E-state index in [0.29, 0.717) is 13.1 Å². The standard InChI is InChI=1S/C18H18F3N3O3S/c19-18(20,21)13-5-3-6-14(11-13)22-17(25)23-15-7-4-8-16(12-15)28(26,27)24-9-1-2-10-24/h3-8,11-12H,1-2,9-10H2,(H2,22,23,25). The second-order valence-electron chi connectivity index (χ2n) is 6.30. The molecule has 2 amide bonds. The molecule has 0 aromatic heterocycles. The molecule has 1 saturated heterocycles. The predicted molar refractivity (Wildman–Crippen MR) is 98.5 cm³/mol. The maximum atomic E-state index is 12.7. The number of hydrogen-bond donors (Lipinski definition) is 2. The molecule has 150 valence electrons. The lowest BCUT2D eigenvalue weighted by Gasteiger charge is -2.16. The van der Waals surface area contributed by atoms with Gasteiger partial charge in [-0.1, -0.05) is 12.1 Å². The number of nitrogens with zero attached hydrogens (tertiary/aromatic N) is 1. The molecular formula is C18H18F3N3O3S. The van der Waals surface area contributed by atoms with E-state index in [-0.39, 0.29) is 16.3 Å². The number of nitrogens with one attached hydrogen (secondary N) is 2. The highest BCUT2D eigenvalue weighted by atomic mass is 32.2. The van der Waals surface area contributed by atoms with Gasteiger partial charge in [0.05, 0.1) is 10.5 Å². The third-order valence-electron chi connectivity index (χ3n) is 4.24. The molecule has 2 N–H and O–H groups in total. The normalized spacial score (nSPS) is 15.4. The lowest BCUT2D eigenvalue weighted by molar-refractivity contribution is -0.137. The summed E-state index contributed by atoms with van der Waals surface area (Å²) < 4.78 is 64.8. The molecule has 1 aliphatic heterocycles. The quantitative estimate of drug-likeness (QED) is 0.791. The molecule has 2 aromatic carbocycles. The van der Waals surface area contributed by atoms with Crippen LogP contribution >= 0.6 is 0 Å². The second kappa shape index (κ2) is 7.80. The van der Waals surface area contributed by atoms with Gasteiger partial charge in [0.2, 0.25) is 10.0 Å². The van der Waals surface area contributed by atoms with Crippen LogP contribution in [0.15, 0.2) is 53.4 Å². The van der Waals surface area contributed by atoms with Gasteiger partial charge in [-0.05, 0) is 49.2 Å². The Morgan fingerprint density at radius 2 is 1.50 bits per heavy atom. The van der Waals surface area contributed by atoms with Crippen molar-refractivity contribution in [1.82, 2.24) is 4.31 Å². The maximum Gasteiger partial charge on any atom is 0.416 e. The number of anilines is 2. The number of rotatable bonds is 4. The van der Waals surface area contributed by atoms with Crippen molar-refractivity contribution in [2.24, 2.45) is 0 Å². The van der Waals surface area contributed by atoms with Gasteiger partial charge >= 0.3 is 12.2 Å². The van der Waals surface area contributed by atoms with E-state index < -0.39 is 27.8 Å². The van der Waals surface area contributed by atoms with Crippen LogP contribution in [-0.4, -0.2) is 31.8 Å². The molecule has 0 atom stereocenters. The van der Waals surface area contributed by atoms with Gasteiger partial charge in [0, 0.05) is 24.5 Å². The van der Waals surface area contributed by atoms with Crippen LogP contribution in [-0.2, 0) is 16.2 Å². The van der Waals surface area contributed by atoms with Gasteiger partial charge in [0.1, 0.15) is 0 Å². The van der Waals surface area contributed by atoms with Gasteiger partial charge < -0.3 is 10.6 Å². The SMILES string of the molecule is O=C(Nc1cccc(C(F)(F)F)c1)Nc1cccc(S(=O)(=O)N2CCCC2)c1. The molecule has 10 heteroatoms. The number of hydrogen-bond acceptors (Lipinski definition) is 3. The van der Waals surface area contributed by atoms with Crippen molar-refractivity contribution in [2.75, 3.05) is 23.7 Å². The van der Waals surface area contributed by atoms with Crippen molar-refractivity contribution in [1.29, 1.82) is 0 Å². The second-order valence-corrected chi connectivity index (χ2v) is 8.23. The first kappa shape index (κ1) is 20.2. The zero-order valence-corrected chi connectivity index (χ0v) is 15.5. The van der Waals surface area contributed by atoms with Crippen LogP contribution in [0.4, 0.5) is 29.3 Å². The molecule has 0 radical (unpaired) electrons. The molecule has 1 fully saturated rings. The summed E-state index contributed by atoms with van der Waals surface area (Å²) >= 11 is 0. The van der Waals surface area contributed by atoms with Gasteiger partial charge in [-0.3, -0.25) is 0 Å². The van der Waals surface area contributed by atoms with Gasteiger partial charge in [0.15, 0.2) is 0 Å². The van der Waals surface area contributed by atoms with Crippen molar-refractivity contribution in [2.45, 2.75) is 23.9 Å². The minimum absolute atomic E-state index is 0.0341. The Balaban J connectivity index is 1.71. The van der Waals surface area contributed by atoms with Gasteiger partial charge in [-0.15, -0.1) is 0 Å². The van der Waals surface area contributed by atoms with Crippen molar-refractivity contribution in [3.63, 3.8) is 0 Å². The molecule has 28 heavy (non-hydrogen) atoms. The zero-order chi connectivity index (χ0) is 20.4. The van der Waals surface area contributed by atoms with Crippen LogP contribution in [0.5, 0.6) is 0 Å². The molecule has 2 aromatic rings. The number of halogens is 3. The van der Waals surface area contributed by atoms with Crippen molar-refractivity contribution < 1.29 is 26.4 Å². The Labute approximate surface area is 160 Å². The Kier molecular flexibility index (Phi) is 5.61. The molecule has 0 aliphatic carbocycles. The van der Waals surface area contributed by atoms with Crippen molar-refractivity contribution >= 4 is 27.4 Å². The Hall–Kier alpha value is -2.59. The molecule has 0 bridgehead atoms. The number of carbonyl (C=O) groups is 1. The molecule has 6 nitrogen and oxygen atoms in total. The summed E-state index contributed by atoms with van der Waals surface area (Å²) in [6.45, 7) is 0.909. The molecule has 3 rings (SSSR count). The summed E-state index contributed by atoms with van der Waals surface area (Å²) in [5.74, 6) is 0. The van der Waals surface area contributed by atoms with Crippen LogP contribution in [0.2, 0.25) is 0 Å². The van der Waals surface area contributed by atoms with Crippen LogP contribution in [0, 0.1) is 0 Å². The largest absolute Gasteiger partial charge is 0.416 e. The van der Waals surface area contributed by atoms with Crippen LogP contribution in [0.3, 0.4) is 0 Å². The summed E-state index contributed by atoms with van der Waals surface area (Å²) in [7, 11) is -3.64. The lowest BCUT2D eigenvalue weighted by Crippen LogP contribution is -2.28. The van der Waals surface area contributed by atoms with E-state index >= 15 is 0 Å². The summed E-state index contributed by atoms with van der Waals surface area (Å²) in [6, 6.07) is 9.17. The molecule has 1 heterocycles. The highest BCUT2D eigenvalue weighted by Gasteiger charge is 2.30. The molecule has 0 saturated carbocycles. The molecular weight excluding hydrogens is 395 g/mol. The predicted octanol–water partition coefficient (Wildman–Crippen LogP) is 4.13. The fourth-order valence-electron chi connectivity index (χ4n) is 2.88. The minimum atomic E-state index is -4.52. The van der Waals surface area contributed by atoms with Crippen LogP contribution < -0.4 is 10.6 Å². The maximum absolute atomic E-state index is 12.7. The van der Waals surface area contributed by atoms with Crippen molar-refractivity contribution in [3.05, 3.63) is 54.1 Å². The fourth-order valence-corrected chi connectivity index (χ4v) is 4.44. The van der Waals surface area contributed by atoms with E-state index in [9.17, 15) is 26.4 Å². The van der Waals surface area contributed by atoms with Gasteiger partial charge in [-0.2, -0.15) is 17.5 Å². The summed E-state index contributed by atoms with van der Waals surface area (Å²) in [5, 5.41) is 4.74. The topological polar surface area (TPSA) is 78.5 Å². The average molecular weight is 413 g/mol. The van der Waals surface area contributed by atoms with E-state index in [1.165, 1.54) is 40.7 Å². The zero-order valence-electron chi connectivity index (χ0n) is 14.7. The Morgan fingerprint density at radius 1 is 0.929 bits per heavy atom. The number of urea groups is 1. The van der Waals surface area contributed by atoms with Gasteiger partial charge in [-0.25, -0.2) is 13.2 Å². The Bertz CT molecular complexity index is 971. The minimum Gasteiger partial charge on any atom is -0.308 e. The highest BCUT2D eigenvalue weighted by molar-refractivity contribution is 7.89. The molecule has 0 spiro atoms. The number of carbonyl (C=O) groups excluding carboxylic acids is 1. The summed E-state index contributed by atoms with van der Waals surface area (Å²) in [5.41, 5.74) is -0.707. The fraction of sp³-hybridized carbons (Fsp3) is 0.278. The van der Waals surface area contributed by atoms with Crippen LogP contribution in [0.1, 0.15) is 18.4 Å². The number of alkyl halides is 3. The summed E-state index contributed by atoms with van der Waals surface area (Å²) in [4.78, 5) is 12.1. The van der Waals surface area contributed by atoms with Crippen molar-refractivity contribution in [3.8, 4) is 0 Å². The van der Waals surface area contributed by atoms with E-state index in [4.69, 9.17) is 0 Å². The van der Waals surface area contributed by atoms with E-state index in [1.54, 1.807) is 0 Å².